The first-order valence-corrected chi connectivity index (χ1v) is 6.52. The number of nitrogens with zero attached hydrogens (tertiary/aromatic N) is 2. The van der Waals surface area contributed by atoms with Gasteiger partial charge in [-0.05, 0) is 26.8 Å². The molecule has 2 unspecified atom stereocenters. The van der Waals surface area contributed by atoms with Gasteiger partial charge in [0.05, 0.1) is 17.8 Å². The predicted octanol–water partition coefficient (Wildman–Crippen LogP) is 2.95. The zero-order valence-electron chi connectivity index (χ0n) is 11.9. The van der Waals surface area contributed by atoms with Crippen LogP contribution in [0.2, 0.25) is 0 Å². The highest BCUT2D eigenvalue weighted by Crippen LogP contribution is 2.27. The molecular weight excluding hydrogens is 238 g/mol. The van der Waals surface area contributed by atoms with Gasteiger partial charge in [0.2, 0.25) is 0 Å². The van der Waals surface area contributed by atoms with Crippen molar-refractivity contribution in [3.05, 3.63) is 47.3 Å². The summed E-state index contributed by atoms with van der Waals surface area (Å²) in [6.45, 7) is 5.89. The van der Waals surface area contributed by atoms with E-state index in [1.807, 2.05) is 49.1 Å². The van der Waals surface area contributed by atoms with E-state index in [4.69, 9.17) is 0 Å². The lowest BCUT2D eigenvalue weighted by Gasteiger charge is -2.19. The van der Waals surface area contributed by atoms with Gasteiger partial charge in [-0.2, -0.15) is 5.10 Å². The summed E-state index contributed by atoms with van der Waals surface area (Å²) in [7, 11) is 1.92. The Bertz CT molecular complexity index is 560. The number of para-hydroxylation sites is 1. The van der Waals surface area contributed by atoms with Crippen molar-refractivity contribution in [2.75, 3.05) is 5.32 Å². The van der Waals surface area contributed by atoms with E-state index in [2.05, 4.69) is 17.3 Å². The van der Waals surface area contributed by atoms with Crippen LogP contribution in [0.5, 0.6) is 0 Å². The van der Waals surface area contributed by atoms with Gasteiger partial charge in [0, 0.05) is 30.1 Å². The maximum absolute atomic E-state index is 9.79. The smallest absolute Gasteiger partial charge is 0.0781 e. The average molecular weight is 259 g/mol. The molecule has 0 aliphatic rings. The molecule has 0 amide bonds. The minimum atomic E-state index is -0.481. The van der Waals surface area contributed by atoms with Crippen molar-refractivity contribution in [1.82, 2.24) is 9.78 Å². The minimum Gasteiger partial charge on any atom is -0.389 e. The molecule has 4 nitrogen and oxygen atoms in total. The lowest BCUT2D eigenvalue weighted by molar-refractivity contribution is 0.200. The normalized spacial score (nSPS) is 14.2. The van der Waals surface area contributed by atoms with Crippen molar-refractivity contribution in [2.45, 2.75) is 32.9 Å². The van der Waals surface area contributed by atoms with E-state index in [0.717, 1.165) is 16.9 Å². The standard InChI is InChI=1S/C15H21N3O/c1-10(14-9-18(4)17-11(14)2)16-15-8-6-5-7-13(15)12(3)19/h5-10,12,16,19H,1-4H3. The van der Waals surface area contributed by atoms with Gasteiger partial charge >= 0.3 is 0 Å². The van der Waals surface area contributed by atoms with Gasteiger partial charge in [-0.25, -0.2) is 0 Å². The Morgan fingerprint density at radius 3 is 2.47 bits per heavy atom. The van der Waals surface area contributed by atoms with Gasteiger partial charge in [0.25, 0.3) is 0 Å². The lowest BCUT2D eigenvalue weighted by atomic mass is 10.1. The zero-order chi connectivity index (χ0) is 14.0. The van der Waals surface area contributed by atoms with E-state index in [0.29, 0.717) is 0 Å². The van der Waals surface area contributed by atoms with E-state index < -0.39 is 6.10 Å². The molecule has 4 heteroatoms. The fraction of sp³-hybridized carbons (Fsp3) is 0.400. The van der Waals surface area contributed by atoms with E-state index in [-0.39, 0.29) is 6.04 Å². The molecule has 0 bridgehead atoms. The number of hydrogen-bond acceptors (Lipinski definition) is 3. The summed E-state index contributed by atoms with van der Waals surface area (Å²) < 4.78 is 1.82. The molecule has 19 heavy (non-hydrogen) atoms. The molecule has 0 saturated carbocycles. The number of aryl methyl sites for hydroxylation is 2. The Hall–Kier alpha value is -1.81. The number of nitrogens with one attached hydrogen (secondary N) is 1. The van der Waals surface area contributed by atoms with E-state index >= 15 is 0 Å². The second-order valence-electron chi connectivity index (χ2n) is 4.97. The molecule has 1 aromatic carbocycles. The summed E-state index contributed by atoms with van der Waals surface area (Å²) in [4.78, 5) is 0. The number of aromatic nitrogens is 2. The molecule has 102 valence electrons. The Morgan fingerprint density at radius 2 is 1.89 bits per heavy atom. The Balaban J connectivity index is 2.24. The second kappa shape index (κ2) is 5.45. The van der Waals surface area contributed by atoms with Crippen molar-refractivity contribution >= 4 is 5.69 Å². The van der Waals surface area contributed by atoms with E-state index in [9.17, 15) is 5.11 Å². The number of aliphatic hydroxyl groups excluding tert-OH is 1. The molecule has 1 aromatic heterocycles. The van der Waals surface area contributed by atoms with Gasteiger partial charge in [-0.1, -0.05) is 18.2 Å². The SMILES string of the molecule is Cc1nn(C)cc1C(C)Nc1ccccc1C(C)O. The molecule has 2 aromatic rings. The summed E-state index contributed by atoms with van der Waals surface area (Å²) in [5, 5.41) is 17.6. The lowest BCUT2D eigenvalue weighted by Crippen LogP contribution is -2.09. The molecule has 0 aliphatic heterocycles. The molecule has 2 atom stereocenters. The molecule has 1 heterocycles. The number of hydrogen-bond donors (Lipinski definition) is 2. The van der Waals surface area contributed by atoms with E-state index in [1.54, 1.807) is 6.92 Å². The Kier molecular flexibility index (Phi) is 3.90. The highest BCUT2D eigenvalue weighted by atomic mass is 16.3. The Labute approximate surface area is 114 Å². The minimum absolute atomic E-state index is 0.147. The molecule has 0 aliphatic carbocycles. The fourth-order valence-corrected chi connectivity index (χ4v) is 2.35. The molecular formula is C15H21N3O. The monoisotopic (exact) mass is 259 g/mol. The molecule has 0 radical (unpaired) electrons. The van der Waals surface area contributed by atoms with Crippen LogP contribution in [-0.4, -0.2) is 14.9 Å². The van der Waals surface area contributed by atoms with Crippen molar-refractivity contribution < 1.29 is 5.11 Å². The summed E-state index contributed by atoms with van der Waals surface area (Å²) in [6.07, 6.45) is 1.55. The van der Waals surface area contributed by atoms with Gasteiger partial charge in [-0.3, -0.25) is 4.68 Å². The fourth-order valence-electron chi connectivity index (χ4n) is 2.35. The first kappa shape index (κ1) is 13.6. The number of anilines is 1. The molecule has 2 N–H and O–H groups in total. The van der Waals surface area contributed by atoms with Crippen molar-refractivity contribution in [3.8, 4) is 0 Å². The highest BCUT2D eigenvalue weighted by Gasteiger charge is 2.14. The average Bonchev–Trinajstić information content (AvgIpc) is 2.69. The molecule has 0 spiro atoms. The third-order valence-corrected chi connectivity index (χ3v) is 3.30. The summed E-state index contributed by atoms with van der Waals surface area (Å²) in [6, 6.07) is 7.98. The van der Waals surface area contributed by atoms with Crippen molar-refractivity contribution in [2.24, 2.45) is 7.05 Å². The van der Waals surface area contributed by atoms with Crippen LogP contribution in [0.15, 0.2) is 30.5 Å². The van der Waals surface area contributed by atoms with Crippen LogP contribution in [0.25, 0.3) is 0 Å². The quantitative estimate of drug-likeness (QED) is 0.887. The van der Waals surface area contributed by atoms with Crippen molar-refractivity contribution in [3.63, 3.8) is 0 Å². The summed E-state index contributed by atoms with van der Waals surface area (Å²) in [5.41, 5.74) is 4.07. The largest absolute Gasteiger partial charge is 0.389 e. The first-order chi connectivity index (χ1) is 8.99. The number of rotatable bonds is 4. The summed E-state index contributed by atoms with van der Waals surface area (Å²) >= 11 is 0. The number of aliphatic hydroxyl groups is 1. The number of benzene rings is 1. The molecule has 0 fully saturated rings. The van der Waals surface area contributed by atoms with Crippen LogP contribution in [0, 0.1) is 6.92 Å². The van der Waals surface area contributed by atoms with Crippen LogP contribution in [0.1, 0.15) is 42.8 Å². The second-order valence-corrected chi connectivity index (χ2v) is 4.97. The van der Waals surface area contributed by atoms with Gasteiger partial charge in [-0.15, -0.1) is 0 Å². The van der Waals surface area contributed by atoms with Crippen LogP contribution in [0.3, 0.4) is 0 Å². The van der Waals surface area contributed by atoms with Gasteiger partial charge in [0.15, 0.2) is 0 Å². The van der Waals surface area contributed by atoms with Crippen LogP contribution >= 0.6 is 0 Å². The van der Waals surface area contributed by atoms with Gasteiger partial charge in [0.1, 0.15) is 0 Å². The first-order valence-electron chi connectivity index (χ1n) is 6.52. The Morgan fingerprint density at radius 1 is 1.21 bits per heavy atom. The van der Waals surface area contributed by atoms with Crippen LogP contribution in [-0.2, 0) is 7.05 Å². The highest BCUT2D eigenvalue weighted by molar-refractivity contribution is 5.53. The van der Waals surface area contributed by atoms with E-state index in [1.165, 1.54) is 5.56 Å². The maximum atomic E-state index is 9.79. The molecule has 0 saturated heterocycles. The molecule has 2 rings (SSSR count). The predicted molar refractivity (Wildman–Crippen MR) is 77.1 cm³/mol. The van der Waals surface area contributed by atoms with Gasteiger partial charge < -0.3 is 10.4 Å². The zero-order valence-corrected chi connectivity index (χ0v) is 11.9. The van der Waals surface area contributed by atoms with Crippen molar-refractivity contribution in [1.29, 1.82) is 0 Å². The topological polar surface area (TPSA) is 50.1 Å². The summed E-state index contributed by atoms with van der Waals surface area (Å²) in [5.74, 6) is 0. The van der Waals surface area contributed by atoms with Crippen LogP contribution in [0.4, 0.5) is 5.69 Å². The maximum Gasteiger partial charge on any atom is 0.0781 e. The third kappa shape index (κ3) is 2.96. The third-order valence-electron chi connectivity index (χ3n) is 3.30. The van der Waals surface area contributed by atoms with Crippen LogP contribution < -0.4 is 5.32 Å².